The van der Waals surface area contributed by atoms with Crippen molar-refractivity contribution in [2.24, 2.45) is 53.3 Å². The number of benzene rings is 6. The first kappa shape index (κ1) is 81.6. The highest BCUT2D eigenvalue weighted by Crippen LogP contribution is 2.48. The van der Waals surface area contributed by atoms with Crippen LogP contribution in [0, 0.1) is 67.1 Å². The minimum Gasteiger partial charge on any atom is -0.390 e. The Labute approximate surface area is 590 Å². The van der Waals surface area contributed by atoms with E-state index in [0.717, 1.165) is 71.4 Å². The van der Waals surface area contributed by atoms with E-state index in [1.807, 2.05) is 84.9 Å². The summed E-state index contributed by atoms with van der Waals surface area (Å²) in [4.78, 5) is 4.96. The third-order valence-corrected chi connectivity index (χ3v) is 21.3. The molecule has 2 aliphatic carbocycles. The second-order valence-corrected chi connectivity index (χ2v) is 33.1. The summed E-state index contributed by atoms with van der Waals surface area (Å²) in [5.74, 6) is 7.78. The fraction of sp³-hybridized carbons (Fsp3) is 0.568. The molecule has 530 valence electrons. The van der Waals surface area contributed by atoms with Crippen LogP contribution in [0.15, 0.2) is 176 Å². The van der Waals surface area contributed by atoms with Crippen molar-refractivity contribution >= 4 is 11.6 Å². The van der Waals surface area contributed by atoms with Crippen molar-refractivity contribution < 1.29 is 25.5 Å². The zero-order valence-electron chi connectivity index (χ0n) is 63.2. The molecule has 0 aromatic heterocycles. The zero-order valence-corrected chi connectivity index (χ0v) is 64.0. The highest BCUT2D eigenvalue weighted by atomic mass is 35.5. The van der Waals surface area contributed by atoms with Crippen molar-refractivity contribution in [3.05, 3.63) is 226 Å². The lowest BCUT2D eigenvalue weighted by Gasteiger charge is -2.45. The van der Waals surface area contributed by atoms with Gasteiger partial charge in [-0.1, -0.05) is 265 Å². The maximum atomic E-state index is 10.5. The molecule has 2 saturated carbocycles. The number of nitrogens with zero attached hydrogens (tertiary/aromatic N) is 2. The fourth-order valence-corrected chi connectivity index (χ4v) is 16.4. The van der Waals surface area contributed by atoms with Crippen LogP contribution in [0.4, 0.5) is 0 Å². The Morgan fingerprint density at radius 3 is 1.25 bits per heavy atom. The number of rotatable bonds is 20. The molecule has 8 unspecified atom stereocenters. The summed E-state index contributed by atoms with van der Waals surface area (Å²) in [6, 6.07) is 57.0. The third-order valence-electron chi connectivity index (χ3n) is 20.9. The summed E-state index contributed by atoms with van der Waals surface area (Å²) in [5.41, 5.74) is 8.49. The van der Waals surface area contributed by atoms with E-state index in [-0.39, 0.29) is 24.4 Å². The molecule has 8 heteroatoms. The van der Waals surface area contributed by atoms with E-state index in [2.05, 4.69) is 234 Å². The summed E-state index contributed by atoms with van der Waals surface area (Å²) in [6.45, 7) is 51.9. The van der Waals surface area contributed by atoms with E-state index < -0.39 is 22.4 Å². The van der Waals surface area contributed by atoms with Gasteiger partial charge in [-0.3, -0.25) is 0 Å². The van der Waals surface area contributed by atoms with Gasteiger partial charge in [0.05, 0.1) is 29.0 Å². The lowest BCUT2D eigenvalue weighted by atomic mass is 9.65. The van der Waals surface area contributed by atoms with E-state index in [9.17, 15) is 25.5 Å². The SMILES string of the molecule is C=C(CO)N1CC(c2ccccc2)C(C(C)C)C1.CC(C)C(c1ccccc1)C(C)(C)O.CC(C)C(c1ccccc1)C1(O)CCC1.CC(C)C1CN(CC2CC2)CC1c1ccccc1.Cc1ccc(C(C(C)C)C(C)(C)O)cc1.Cc1ccc(C(C(C)C)C(C)(C)O)cc1Cl. The molecule has 0 bridgehead atoms. The van der Waals surface area contributed by atoms with Gasteiger partial charge in [-0.25, -0.2) is 0 Å². The maximum Gasteiger partial charge on any atom is 0.0823 e. The van der Waals surface area contributed by atoms with Gasteiger partial charge in [0.1, 0.15) is 0 Å². The number of likely N-dealkylation sites (tertiary alicyclic amines) is 2. The average molecular weight is 1330 g/mol. The fourth-order valence-electron chi connectivity index (χ4n) is 16.3. The molecule has 0 amide bonds. The van der Waals surface area contributed by atoms with Crippen molar-refractivity contribution in [1.82, 2.24) is 9.80 Å². The number of aryl methyl sites for hydroxylation is 2. The summed E-state index contributed by atoms with van der Waals surface area (Å²) in [7, 11) is 0. The minimum absolute atomic E-state index is 0.0618. The van der Waals surface area contributed by atoms with Gasteiger partial charge in [-0.15, -0.1) is 0 Å². The van der Waals surface area contributed by atoms with Crippen molar-refractivity contribution in [2.75, 3.05) is 39.3 Å². The number of halogens is 1. The van der Waals surface area contributed by atoms with Gasteiger partial charge < -0.3 is 35.3 Å². The standard InChI is InChI=1S/C17H25N.C16H23NO.C14H21ClO.C14H20O.C14H22O.C13H20O/c1-13(2)16-11-18(10-14-8-9-14)12-17(16)15-6-4-3-5-7-15;1-12(2)15-9-17(13(3)11-18)10-16(15)14-7-5-4-6-8-14;1-9(2)13(14(4,5)16)11-7-6-10(3)12(15)8-11;1-11(2)13(14(15)9-6-10-14)12-7-4-3-5-8-12;1-10(2)13(14(4,5)15)12-8-6-11(3)7-9-12;1-10(2)12(13(3,4)14)11-8-6-5-7-9-11/h3-7,13-14,16-17H,8-12H2,1-2H3;4-8,12,15-16,18H,3,9-11H2,1-2H3;6-9,13,16H,1-5H3;3-5,7-8,11,13,15H,6,9-10H2,1-2H3;6-10,13,15H,1-5H3;5-10,12,14H,1-4H3. The number of hydrogen-bond acceptors (Lipinski definition) is 7. The molecule has 96 heavy (non-hydrogen) atoms. The van der Waals surface area contributed by atoms with Gasteiger partial charge in [0.15, 0.2) is 0 Å². The van der Waals surface area contributed by atoms with Gasteiger partial charge in [0.25, 0.3) is 0 Å². The molecule has 6 aromatic rings. The molecule has 8 atom stereocenters. The minimum atomic E-state index is -0.729. The second kappa shape index (κ2) is 37.4. The summed E-state index contributed by atoms with van der Waals surface area (Å²) >= 11 is 6.13. The molecule has 2 aliphatic heterocycles. The summed E-state index contributed by atoms with van der Waals surface area (Å²) < 4.78 is 0. The quantitative estimate of drug-likeness (QED) is 0.0518. The molecule has 5 N–H and O–H groups in total. The van der Waals surface area contributed by atoms with Gasteiger partial charge in [0.2, 0.25) is 0 Å². The molecule has 6 aromatic carbocycles. The molecule has 0 spiro atoms. The van der Waals surface area contributed by atoms with Crippen molar-refractivity contribution in [3.8, 4) is 0 Å². The van der Waals surface area contributed by atoms with Crippen LogP contribution in [0.25, 0.3) is 0 Å². The first-order chi connectivity index (χ1) is 45.0. The Balaban J connectivity index is 0.000000209. The smallest absolute Gasteiger partial charge is 0.0823 e. The van der Waals surface area contributed by atoms with Crippen LogP contribution in [0.2, 0.25) is 5.02 Å². The normalized spacial score (nSPS) is 19.9. The van der Waals surface area contributed by atoms with Gasteiger partial charge >= 0.3 is 0 Å². The zero-order chi connectivity index (χ0) is 71.5. The summed E-state index contributed by atoms with van der Waals surface area (Å²) in [5, 5.41) is 51.0. The van der Waals surface area contributed by atoms with Crippen LogP contribution in [0.3, 0.4) is 0 Å². The van der Waals surface area contributed by atoms with Crippen LogP contribution in [0.5, 0.6) is 0 Å². The lowest BCUT2D eigenvalue weighted by Crippen LogP contribution is -2.45. The van der Waals surface area contributed by atoms with E-state index in [0.29, 0.717) is 47.3 Å². The van der Waals surface area contributed by atoms with Crippen LogP contribution in [-0.4, -0.2) is 97.1 Å². The Hall–Kier alpha value is -5.09. The molecular formula is C88H131ClN2O5. The van der Waals surface area contributed by atoms with Gasteiger partial charge in [-0.05, 0) is 186 Å². The largest absolute Gasteiger partial charge is 0.390 e. The number of aliphatic hydroxyl groups excluding tert-OH is 1. The topological polar surface area (TPSA) is 108 Å². The van der Waals surface area contributed by atoms with Gasteiger partial charge in [0, 0.05) is 79.0 Å². The van der Waals surface area contributed by atoms with Crippen LogP contribution >= 0.6 is 11.6 Å². The molecule has 2 saturated heterocycles. The molecule has 4 fully saturated rings. The second-order valence-electron chi connectivity index (χ2n) is 32.7. The predicted octanol–water partition coefficient (Wildman–Crippen LogP) is 20.8. The maximum absolute atomic E-state index is 10.5. The van der Waals surface area contributed by atoms with E-state index in [1.165, 1.54) is 66.7 Å². The molecule has 2 heterocycles. The predicted molar refractivity (Wildman–Crippen MR) is 410 cm³/mol. The molecule has 10 rings (SSSR count). The monoisotopic (exact) mass is 1330 g/mol. The first-order valence-corrected chi connectivity index (χ1v) is 37.0. The highest BCUT2D eigenvalue weighted by molar-refractivity contribution is 6.31. The Morgan fingerprint density at radius 2 is 0.885 bits per heavy atom. The van der Waals surface area contributed by atoms with Crippen LogP contribution in [0.1, 0.15) is 237 Å². The third kappa shape index (κ3) is 24.7. The van der Waals surface area contributed by atoms with E-state index in [4.69, 9.17) is 11.6 Å². The summed E-state index contributed by atoms with van der Waals surface area (Å²) in [6.07, 6.45) is 6.04. The number of hydrogen-bond donors (Lipinski definition) is 5. The van der Waals surface area contributed by atoms with Gasteiger partial charge in [-0.2, -0.15) is 0 Å². The first-order valence-electron chi connectivity index (χ1n) is 36.7. The molecule has 4 aliphatic rings. The average Bonchev–Trinajstić information content (AvgIpc) is 1.13. The molecule has 0 radical (unpaired) electrons. The molecular weight excluding hydrogens is 1200 g/mol. The van der Waals surface area contributed by atoms with Crippen molar-refractivity contribution in [3.63, 3.8) is 0 Å². The van der Waals surface area contributed by atoms with Crippen molar-refractivity contribution in [2.45, 2.75) is 228 Å². The van der Waals surface area contributed by atoms with E-state index >= 15 is 0 Å². The Morgan fingerprint density at radius 1 is 0.500 bits per heavy atom. The lowest BCUT2D eigenvalue weighted by molar-refractivity contribution is -0.0688. The van der Waals surface area contributed by atoms with E-state index in [1.54, 1.807) is 5.56 Å². The van der Waals surface area contributed by atoms with Crippen molar-refractivity contribution in [1.29, 1.82) is 0 Å². The molecule has 7 nitrogen and oxygen atoms in total. The Kier molecular flexibility index (Phi) is 31.8. The highest BCUT2D eigenvalue weighted by Gasteiger charge is 2.44. The Bertz CT molecular complexity index is 3130. The van der Waals surface area contributed by atoms with Crippen LogP contribution in [-0.2, 0) is 0 Å². The number of aliphatic hydroxyl groups is 5. The van der Waals surface area contributed by atoms with Crippen LogP contribution < -0.4 is 0 Å².